The van der Waals surface area contributed by atoms with E-state index < -0.39 is 0 Å². The molecule has 0 aliphatic carbocycles. The first kappa shape index (κ1) is 21.4. The average Bonchev–Trinajstić information content (AvgIpc) is 3.35. The summed E-state index contributed by atoms with van der Waals surface area (Å²) in [6.07, 6.45) is 2.88. The molecule has 1 amide bonds. The number of anilines is 6. The van der Waals surface area contributed by atoms with E-state index in [9.17, 15) is 4.79 Å². The molecule has 5 rings (SSSR count). The molecule has 1 saturated heterocycles. The topological polar surface area (TPSA) is 120 Å². The SMILES string of the molecule is C=CC(=O)Nc1ccccc1Nc1nc(Nc2ccc(N3CCOCC3)cc2)nc2[nH]ncc12. The van der Waals surface area contributed by atoms with Crippen molar-refractivity contribution in [2.24, 2.45) is 0 Å². The van der Waals surface area contributed by atoms with E-state index in [1.165, 1.54) is 6.08 Å². The van der Waals surface area contributed by atoms with Crippen LogP contribution in [0.1, 0.15) is 0 Å². The van der Waals surface area contributed by atoms with Gasteiger partial charge in [0.1, 0.15) is 5.82 Å². The van der Waals surface area contributed by atoms with E-state index in [-0.39, 0.29) is 5.91 Å². The standard InChI is InChI=1S/C24H24N8O2/c1-2-21(33)27-19-5-3-4-6-20(19)28-22-18-15-25-31-23(18)30-24(29-22)26-16-7-9-17(10-8-16)32-11-13-34-14-12-32/h2-10,15H,1,11-14H2,(H,27,33)(H3,25,26,28,29,30,31). The maximum atomic E-state index is 11.8. The highest BCUT2D eigenvalue weighted by molar-refractivity contribution is 6.02. The summed E-state index contributed by atoms with van der Waals surface area (Å²) < 4.78 is 5.43. The Hall–Kier alpha value is -4.44. The van der Waals surface area contributed by atoms with Crippen LogP contribution in [0.4, 0.5) is 34.5 Å². The molecular formula is C24H24N8O2. The van der Waals surface area contributed by atoms with Crippen molar-refractivity contribution in [3.63, 3.8) is 0 Å². The van der Waals surface area contributed by atoms with Crippen LogP contribution in [0.15, 0.2) is 67.4 Å². The van der Waals surface area contributed by atoms with E-state index in [2.05, 4.69) is 59.7 Å². The number of fused-ring (bicyclic) bond motifs is 1. The number of nitrogens with one attached hydrogen (secondary N) is 4. The summed E-state index contributed by atoms with van der Waals surface area (Å²) >= 11 is 0. The number of H-pyrrole nitrogens is 1. The van der Waals surface area contributed by atoms with Crippen molar-refractivity contribution in [1.29, 1.82) is 0 Å². The van der Waals surface area contributed by atoms with Crippen LogP contribution in [0.3, 0.4) is 0 Å². The van der Waals surface area contributed by atoms with Crippen molar-refractivity contribution in [1.82, 2.24) is 20.2 Å². The van der Waals surface area contributed by atoms with Gasteiger partial charge in [-0.2, -0.15) is 15.1 Å². The molecule has 1 aliphatic rings. The number of aromatic amines is 1. The molecular weight excluding hydrogens is 432 g/mol. The third-order valence-corrected chi connectivity index (χ3v) is 5.43. The number of hydrogen-bond acceptors (Lipinski definition) is 8. The van der Waals surface area contributed by atoms with Gasteiger partial charge in [0.15, 0.2) is 5.65 Å². The largest absolute Gasteiger partial charge is 0.378 e. The monoisotopic (exact) mass is 456 g/mol. The lowest BCUT2D eigenvalue weighted by molar-refractivity contribution is -0.111. The minimum absolute atomic E-state index is 0.298. The van der Waals surface area contributed by atoms with Gasteiger partial charge in [-0.05, 0) is 42.5 Å². The van der Waals surface area contributed by atoms with Crippen LogP contribution in [0.5, 0.6) is 0 Å². The smallest absolute Gasteiger partial charge is 0.247 e. The van der Waals surface area contributed by atoms with E-state index in [1.54, 1.807) is 12.3 Å². The van der Waals surface area contributed by atoms with Crippen LogP contribution >= 0.6 is 0 Å². The summed E-state index contributed by atoms with van der Waals surface area (Å²) in [5, 5.41) is 17.1. The molecule has 1 aliphatic heterocycles. The first-order chi connectivity index (χ1) is 16.7. The van der Waals surface area contributed by atoms with Crippen LogP contribution in [0.25, 0.3) is 11.0 Å². The Labute approximate surface area is 196 Å². The van der Waals surface area contributed by atoms with Gasteiger partial charge in [0.05, 0.1) is 36.2 Å². The minimum atomic E-state index is -0.298. The lowest BCUT2D eigenvalue weighted by Crippen LogP contribution is -2.36. The van der Waals surface area contributed by atoms with Gasteiger partial charge >= 0.3 is 0 Å². The predicted molar refractivity (Wildman–Crippen MR) is 133 cm³/mol. The predicted octanol–water partition coefficient (Wildman–Crippen LogP) is 3.80. The number of amides is 1. The number of carbonyl (C=O) groups is 1. The van der Waals surface area contributed by atoms with Crippen LogP contribution in [-0.4, -0.2) is 52.4 Å². The summed E-state index contributed by atoms with van der Waals surface area (Å²) in [6, 6.07) is 15.5. The van der Waals surface area contributed by atoms with Crippen molar-refractivity contribution >= 4 is 51.5 Å². The number of aromatic nitrogens is 4. The molecule has 0 unspecified atom stereocenters. The number of carbonyl (C=O) groups excluding carboxylic acids is 1. The van der Waals surface area contributed by atoms with Crippen LogP contribution < -0.4 is 20.9 Å². The lowest BCUT2D eigenvalue weighted by atomic mass is 10.2. The highest BCUT2D eigenvalue weighted by Gasteiger charge is 2.14. The van der Waals surface area contributed by atoms with E-state index in [1.807, 2.05) is 30.3 Å². The molecule has 1 fully saturated rings. The average molecular weight is 457 g/mol. The molecule has 34 heavy (non-hydrogen) atoms. The van der Waals surface area contributed by atoms with Gasteiger partial charge in [-0.15, -0.1) is 0 Å². The molecule has 172 valence electrons. The minimum Gasteiger partial charge on any atom is -0.378 e. The Morgan fingerprint density at radius 1 is 1.03 bits per heavy atom. The highest BCUT2D eigenvalue weighted by Crippen LogP contribution is 2.29. The first-order valence-corrected chi connectivity index (χ1v) is 10.9. The Kier molecular flexibility index (Phi) is 6.04. The third kappa shape index (κ3) is 4.66. The van der Waals surface area contributed by atoms with E-state index in [4.69, 9.17) is 4.74 Å². The van der Waals surface area contributed by atoms with Gasteiger partial charge in [-0.3, -0.25) is 9.89 Å². The second-order valence-corrected chi connectivity index (χ2v) is 7.66. The Bertz CT molecular complexity index is 1310. The van der Waals surface area contributed by atoms with E-state index >= 15 is 0 Å². The highest BCUT2D eigenvalue weighted by atomic mass is 16.5. The summed E-state index contributed by atoms with van der Waals surface area (Å²) in [5.74, 6) is 0.658. The Balaban J connectivity index is 1.39. The molecule has 0 saturated carbocycles. The van der Waals surface area contributed by atoms with Crippen LogP contribution in [-0.2, 0) is 9.53 Å². The summed E-state index contributed by atoms with van der Waals surface area (Å²) in [4.78, 5) is 23.3. The fourth-order valence-electron chi connectivity index (χ4n) is 3.70. The zero-order valence-electron chi connectivity index (χ0n) is 18.4. The number of benzene rings is 2. The van der Waals surface area contributed by atoms with E-state index in [0.717, 1.165) is 43.1 Å². The molecule has 2 aromatic carbocycles. The van der Waals surface area contributed by atoms with Gasteiger partial charge < -0.3 is 25.6 Å². The summed E-state index contributed by atoms with van der Waals surface area (Å²) in [5.41, 5.74) is 3.88. The maximum Gasteiger partial charge on any atom is 0.247 e. The molecule has 10 heteroatoms. The first-order valence-electron chi connectivity index (χ1n) is 10.9. The normalized spacial score (nSPS) is 13.5. The van der Waals surface area contributed by atoms with Crippen molar-refractivity contribution in [2.45, 2.75) is 0 Å². The zero-order chi connectivity index (χ0) is 23.3. The fourth-order valence-corrected chi connectivity index (χ4v) is 3.70. The summed E-state index contributed by atoms with van der Waals surface area (Å²) in [7, 11) is 0. The van der Waals surface area contributed by atoms with Gasteiger partial charge in [0, 0.05) is 24.5 Å². The maximum absolute atomic E-state index is 11.8. The number of ether oxygens (including phenoxy) is 1. The number of nitrogens with zero attached hydrogens (tertiary/aromatic N) is 4. The van der Waals surface area contributed by atoms with Crippen molar-refractivity contribution in [2.75, 3.05) is 47.2 Å². The Morgan fingerprint density at radius 3 is 2.56 bits per heavy atom. The van der Waals surface area contributed by atoms with Crippen LogP contribution in [0, 0.1) is 0 Å². The van der Waals surface area contributed by atoms with Crippen molar-refractivity contribution < 1.29 is 9.53 Å². The molecule has 2 aromatic heterocycles. The number of hydrogen-bond donors (Lipinski definition) is 4. The van der Waals surface area contributed by atoms with Crippen LogP contribution in [0.2, 0.25) is 0 Å². The van der Waals surface area contributed by atoms with Crippen molar-refractivity contribution in [3.05, 3.63) is 67.4 Å². The molecule has 0 radical (unpaired) electrons. The molecule has 3 heterocycles. The van der Waals surface area contributed by atoms with Gasteiger partial charge in [0.2, 0.25) is 11.9 Å². The molecule has 4 aromatic rings. The van der Waals surface area contributed by atoms with Gasteiger partial charge in [0.25, 0.3) is 0 Å². The lowest BCUT2D eigenvalue weighted by Gasteiger charge is -2.28. The number of morpholine rings is 1. The molecule has 0 bridgehead atoms. The molecule has 10 nitrogen and oxygen atoms in total. The van der Waals surface area contributed by atoms with E-state index in [0.29, 0.717) is 28.8 Å². The zero-order valence-corrected chi connectivity index (χ0v) is 18.4. The number of rotatable bonds is 7. The second-order valence-electron chi connectivity index (χ2n) is 7.66. The number of para-hydroxylation sites is 2. The Morgan fingerprint density at radius 2 is 1.79 bits per heavy atom. The van der Waals surface area contributed by atoms with Gasteiger partial charge in [-0.1, -0.05) is 18.7 Å². The van der Waals surface area contributed by atoms with Crippen molar-refractivity contribution in [3.8, 4) is 0 Å². The molecule has 4 N–H and O–H groups in total. The van der Waals surface area contributed by atoms with Gasteiger partial charge in [-0.25, -0.2) is 0 Å². The second kappa shape index (κ2) is 9.59. The quantitative estimate of drug-likeness (QED) is 0.310. The molecule has 0 spiro atoms. The fraction of sp³-hybridized carbons (Fsp3) is 0.167. The summed E-state index contributed by atoms with van der Waals surface area (Å²) in [6.45, 7) is 6.76. The third-order valence-electron chi connectivity index (χ3n) is 5.43. The molecule has 0 atom stereocenters.